The maximum Gasteiger partial charge on any atom is 0.187 e. The Morgan fingerprint density at radius 1 is 0.875 bits per heavy atom. The summed E-state index contributed by atoms with van der Waals surface area (Å²) in [6.45, 7) is 2.00. The van der Waals surface area contributed by atoms with E-state index in [1.54, 1.807) is 0 Å². The molecule has 0 aromatic carbocycles. The number of ether oxygens (including phenoxy) is 1. The summed E-state index contributed by atoms with van der Waals surface area (Å²) in [6.07, 6.45) is 3.93. The van der Waals surface area contributed by atoms with Crippen molar-refractivity contribution in [2.45, 2.75) is 19.3 Å². The molecule has 1 saturated heterocycles. The number of hydrogen-bond acceptors (Lipinski definition) is 1. The van der Waals surface area contributed by atoms with E-state index in [0.29, 0.717) is 0 Å². The van der Waals surface area contributed by atoms with Crippen molar-refractivity contribution in [1.82, 2.24) is 0 Å². The van der Waals surface area contributed by atoms with Crippen molar-refractivity contribution < 1.29 is 30.9 Å². The van der Waals surface area contributed by atoms with Crippen molar-refractivity contribution in [3.63, 3.8) is 0 Å². The molecule has 1 heterocycles. The third-order valence-corrected chi connectivity index (χ3v) is 1.08. The van der Waals surface area contributed by atoms with E-state index >= 15 is 0 Å². The molecule has 0 atom stereocenters. The molecular weight excluding hydrogens is 194 g/mol. The standard InChI is InChI=1S/C5H10O.Al.Zr.3H/c1-2-4-6-5-3-1;;;;;/h1-5H2;;;;;. The van der Waals surface area contributed by atoms with Gasteiger partial charge in [-0.25, -0.2) is 0 Å². The SMILES string of the molecule is C1CCOCC1.[AlH3].[Zr]. The molecule has 1 aliphatic heterocycles. The Morgan fingerprint density at radius 3 is 1.50 bits per heavy atom. The van der Waals surface area contributed by atoms with Crippen LogP contribution in [0, 0.1) is 0 Å². The molecule has 0 aromatic heterocycles. The maximum atomic E-state index is 5.07. The first-order chi connectivity index (χ1) is 3.00. The molecule has 0 aromatic rings. The first-order valence-electron chi connectivity index (χ1n) is 2.58. The Kier molecular flexibility index (Phi) is 12.7. The monoisotopic (exact) mass is 206 g/mol. The predicted molar refractivity (Wildman–Crippen MR) is 34.6 cm³/mol. The van der Waals surface area contributed by atoms with Crippen LogP contribution in [0.1, 0.15) is 19.3 Å². The predicted octanol–water partition coefficient (Wildman–Crippen LogP) is 0.000500. The molecule has 0 bridgehead atoms. The van der Waals surface area contributed by atoms with Gasteiger partial charge in [0.05, 0.1) is 0 Å². The van der Waals surface area contributed by atoms with Gasteiger partial charge in [0.2, 0.25) is 0 Å². The summed E-state index contributed by atoms with van der Waals surface area (Å²) in [5.74, 6) is 0. The smallest absolute Gasteiger partial charge is 0.187 e. The Hall–Kier alpha value is 1.38. The van der Waals surface area contributed by atoms with Crippen molar-refractivity contribution >= 4 is 17.4 Å². The Morgan fingerprint density at radius 2 is 1.38 bits per heavy atom. The van der Waals surface area contributed by atoms with Crippen LogP contribution < -0.4 is 0 Å². The molecule has 46 valence electrons. The molecule has 0 amide bonds. The van der Waals surface area contributed by atoms with Gasteiger partial charge in [-0.3, -0.25) is 0 Å². The van der Waals surface area contributed by atoms with Crippen LogP contribution in [-0.2, 0) is 30.9 Å². The second-order valence-corrected chi connectivity index (χ2v) is 1.67. The molecule has 1 aliphatic rings. The van der Waals surface area contributed by atoms with Crippen molar-refractivity contribution in [2.75, 3.05) is 13.2 Å². The van der Waals surface area contributed by atoms with Gasteiger partial charge in [-0.2, -0.15) is 0 Å². The first-order valence-corrected chi connectivity index (χ1v) is 2.58. The minimum atomic E-state index is 0. The molecule has 3 heteroatoms. The van der Waals surface area contributed by atoms with Crippen LogP contribution >= 0.6 is 0 Å². The number of rotatable bonds is 0. The van der Waals surface area contributed by atoms with Crippen molar-refractivity contribution in [2.24, 2.45) is 0 Å². The quantitative estimate of drug-likeness (QED) is 0.508. The van der Waals surface area contributed by atoms with E-state index in [-0.39, 0.29) is 43.6 Å². The summed E-state index contributed by atoms with van der Waals surface area (Å²) in [7, 11) is 0. The average molecular weight is 207 g/mol. The van der Waals surface area contributed by atoms with Gasteiger partial charge in [-0.1, -0.05) is 0 Å². The topological polar surface area (TPSA) is 9.23 Å². The Bertz CT molecular complexity index is 27.9. The third kappa shape index (κ3) is 5.51. The fourth-order valence-corrected chi connectivity index (χ4v) is 0.687. The second-order valence-electron chi connectivity index (χ2n) is 1.67. The van der Waals surface area contributed by atoms with Crippen LogP contribution in [0.5, 0.6) is 0 Å². The van der Waals surface area contributed by atoms with Crippen molar-refractivity contribution in [1.29, 1.82) is 0 Å². The summed E-state index contributed by atoms with van der Waals surface area (Å²) < 4.78 is 5.07. The maximum absolute atomic E-state index is 5.07. The Balaban J connectivity index is 0. The van der Waals surface area contributed by atoms with E-state index in [4.69, 9.17) is 4.74 Å². The van der Waals surface area contributed by atoms with E-state index in [0.717, 1.165) is 13.2 Å². The van der Waals surface area contributed by atoms with Crippen LogP contribution in [-0.4, -0.2) is 30.6 Å². The van der Waals surface area contributed by atoms with Crippen molar-refractivity contribution in [3.05, 3.63) is 0 Å². The van der Waals surface area contributed by atoms with Gasteiger partial charge in [0, 0.05) is 39.4 Å². The van der Waals surface area contributed by atoms with Crippen LogP contribution in [0.2, 0.25) is 0 Å². The third-order valence-electron chi connectivity index (χ3n) is 1.08. The average Bonchev–Trinajstić information content (AvgIpc) is 1.72. The van der Waals surface area contributed by atoms with Gasteiger partial charge in [0.1, 0.15) is 0 Å². The number of hydrogen-bond donors (Lipinski definition) is 0. The van der Waals surface area contributed by atoms with Crippen LogP contribution in [0.3, 0.4) is 0 Å². The van der Waals surface area contributed by atoms with Crippen LogP contribution in [0.4, 0.5) is 0 Å². The molecule has 0 spiro atoms. The van der Waals surface area contributed by atoms with Gasteiger partial charge >= 0.3 is 0 Å². The molecule has 0 radical (unpaired) electrons. The minimum absolute atomic E-state index is 0. The zero-order valence-corrected chi connectivity index (χ0v) is 6.90. The van der Waals surface area contributed by atoms with Gasteiger partial charge in [-0.05, 0) is 19.3 Å². The minimum Gasteiger partial charge on any atom is -0.381 e. The molecule has 0 aliphatic carbocycles. The molecule has 1 nitrogen and oxygen atoms in total. The molecule has 8 heavy (non-hydrogen) atoms. The summed E-state index contributed by atoms with van der Waals surface area (Å²) in [4.78, 5) is 0. The van der Waals surface area contributed by atoms with Crippen LogP contribution in [0.25, 0.3) is 0 Å². The summed E-state index contributed by atoms with van der Waals surface area (Å²) in [5, 5.41) is 0. The fourth-order valence-electron chi connectivity index (χ4n) is 0.687. The molecule has 0 N–H and O–H groups in total. The van der Waals surface area contributed by atoms with E-state index in [9.17, 15) is 0 Å². The van der Waals surface area contributed by atoms with Gasteiger partial charge in [0.15, 0.2) is 17.4 Å². The second kappa shape index (κ2) is 8.38. The zero-order valence-electron chi connectivity index (χ0n) is 4.44. The molecule has 0 unspecified atom stereocenters. The normalized spacial score (nSPS) is 18.0. The van der Waals surface area contributed by atoms with Gasteiger partial charge in [-0.15, -0.1) is 0 Å². The summed E-state index contributed by atoms with van der Waals surface area (Å²) in [5.41, 5.74) is 0. The van der Waals surface area contributed by atoms with Gasteiger partial charge in [0.25, 0.3) is 0 Å². The van der Waals surface area contributed by atoms with E-state index in [1.165, 1.54) is 19.3 Å². The van der Waals surface area contributed by atoms with E-state index < -0.39 is 0 Å². The zero-order chi connectivity index (χ0) is 4.24. The molecule has 0 saturated carbocycles. The molecular formula is C5H13AlOZr. The van der Waals surface area contributed by atoms with E-state index in [1.807, 2.05) is 0 Å². The van der Waals surface area contributed by atoms with Crippen molar-refractivity contribution in [3.8, 4) is 0 Å². The van der Waals surface area contributed by atoms with E-state index in [2.05, 4.69) is 0 Å². The summed E-state index contributed by atoms with van der Waals surface area (Å²) >= 11 is 0. The molecule has 1 fully saturated rings. The largest absolute Gasteiger partial charge is 0.381 e. The van der Waals surface area contributed by atoms with Gasteiger partial charge < -0.3 is 4.74 Å². The fraction of sp³-hybridized carbons (Fsp3) is 1.00. The summed E-state index contributed by atoms with van der Waals surface area (Å²) in [6, 6.07) is 0. The van der Waals surface area contributed by atoms with Crippen LogP contribution in [0.15, 0.2) is 0 Å². The first kappa shape index (κ1) is 12.1. The molecule has 1 rings (SSSR count). The Labute approximate surface area is 80.4 Å².